The molecule has 1 aromatic carbocycles. The smallest absolute Gasteiger partial charge is 0.263 e. The number of H-pyrrole nitrogens is 1. The number of nitrogens with zero attached hydrogens (tertiary/aromatic N) is 1. The van der Waals surface area contributed by atoms with Crippen LogP contribution in [0.2, 0.25) is 0 Å². The summed E-state index contributed by atoms with van der Waals surface area (Å²) in [6.07, 6.45) is 2.33. The highest BCUT2D eigenvalue weighted by Gasteiger charge is 2.17. The summed E-state index contributed by atoms with van der Waals surface area (Å²) < 4.78 is 27.1. The van der Waals surface area contributed by atoms with Crippen molar-refractivity contribution >= 4 is 15.8 Å². The lowest BCUT2D eigenvalue weighted by Crippen LogP contribution is -2.14. The number of benzene rings is 1. The van der Waals surface area contributed by atoms with Crippen molar-refractivity contribution in [3.05, 3.63) is 41.1 Å². The van der Waals surface area contributed by atoms with Crippen LogP contribution in [0.3, 0.4) is 0 Å². The van der Waals surface area contributed by atoms with Crippen LogP contribution in [-0.2, 0) is 16.4 Å². The Kier molecular flexibility index (Phi) is 3.61. The minimum atomic E-state index is -3.58. The maximum absolute atomic E-state index is 12.3. The summed E-state index contributed by atoms with van der Waals surface area (Å²) in [6.45, 7) is 5.78. The molecule has 5 nitrogen and oxygen atoms in total. The largest absolute Gasteiger partial charge is 0.264 e. The number of rotatable bonds is 4. The number of aromatic amines is 1. The predicted molar refractivity (Wildman–Crippen MR) is 74.7 cm³/mol. The van der Waals surface area contributed by atoms with Gasteiger partial charge in [0.05, 0.1) is 11.1 Å². The molecule has 2 N–H and O–H groups in total. The number of anilines is 1. The second-order valence-corrected chi connectivity index (χ2v) is 6.16. The fraction of sp³-hybridized carbons (Fsp3) is 0.308. The third-order valence-electron chi connectivity index (χ3n) is 3.12. The van der Waals surface area contributed by atoms with E-state index in [-0.39, 0.29) is 4.90 Å². The Hall–Kier alpha value is -1.82. The first-order chi connectivity index (χ1) is 8.94. The zero-order valence-corrected chi connectivity index (χ0v) is 12.0. The predicted octanol–water partition coefficient (Wildman–Crippen LogP) is 2.39. The Morgan fingerprint density at radius 3 is 2.63 bits per heavy atom. The average Bonchev–Trinajstić information content (AvgIpc) is 2.79. The monoisotopic (exact) mass is 279 g/mol. The molecule has 0 aliphatic carbocycles. The van der Waals surface area contributed by atoms with Crippen molar-refractivity contribution < 1.29 is 8.42 Å². The molecule has 0 unspecified atom stereocenters. The molecule has 0 saturated carbocycles. The van der Waals surface area contributed by atoms with E-state index in [1.807, 2.05) is 20.8 Å². The summed E-state index contributed by atoms with van der Waals surface area (Å²) in [4.78, 5) is 0.257. The minimum Gasteiger partial charge on any atom is -0.264 e. The summed E-state index contributed by atoms with van der Waals surface area (Å²) in [5.74, 6) is 0.431. The van der Waals surface area contributed by atoms with E-state index in [2.05, 4.69) is 14.9 Å². The molecular formula is C13H17N3O2S. The third-order valence-corrected chi connectivity index (χ3v) is 4.47. The molecule has 0 aliphatic rings. The van der Waals surface area contributed by atoms with E-state index in [1.54, 1.807) is 24.4 Å². The van der Waals surface area contributed by atoms with Crippen LogP contribution < -0.4 is 4.72 Å². The highest BCUT2D eigenvalue weighted by atomic mass is 32.2. The van der Waals surface area contributed by atoms with Crippen molar-refractivity contribution in [1.29, 1.82) is 0 Å². The zero-order valence-electron chi connectivity index (χ0n) is 11.2. The van der Waals surface area contributed by atoms with Gasteiger partial charge in [-0.05, 0) is 43.5 Å². The van der Waals surface area contributed by atoms with Gasteiger partial charge in [-0.1, -0.05) is 13.0 Å². The highest BCUT2D eigenvalue weighted by Crippen LogP contribution is 2.19. The number of aryl methyl sites for hydroxylation is 3. The first-order valence-electron chi connectivity index (χ1n) is 6.06. The van der Waals surface area contributed by atoms with Gasteiger partial charge in [0.2, 0.25) is 0 Å². The molecule has 0 bridgehead atoms. The Labute approximate surface area is 113 Å². The van der Waals surface area contributed by atoms with E-state index in [4.69, 9.17) is 0 Å². The average molecular weight is 279 g/mol. The Morgan fingerprint density at radius 2 is 2.00 bits per heavy atom. The van der Waals surface area contributed by atoms with Crippen molar-refractivity contribution in [3.8, 4) is 0 Å². The van der Waals surface area contributed by atoms with Gasteiger partial charge in [-0.15, -0.1) is 0 Å². The fourth-order valence-electron chi connectivity index (χ4n) is 1.74. The van der Waals surface area contributed by atoms with Crippen LogP contribution >= 0.6 is 0 Å². The summed E-state index contributed by atoms with van der Waals surface area (Å²) in [5.41, 5.74) is 2.85. The SMILES string of the molecule is CCc1cn[nH]c1NS(=O)(=O)c1ccc(C)c(C)c1. The first kappa shape index (κ1) is 13.6. The van der Waals surface area contributed by atoms with E-state index in [0.717, 1.165) is 16.7 Å². The Bertz CT molecular complexity index is 690. The van der Waals surface area contributed by atoms with Crippen LogP contribution in [-0.4, -0.2) is 18.6 Å². The number of nitrogens with one attached hydrogen (secondary N) is 2. The minimum absolute atomic E-state index is 0.257. The lowest BCUT2D eigenvalue weighted by molar-refractivity contribution is 0.601. The van der Waals surface area contributed by atoms with Gasteiger partial charge in [0, 0.05) is 5.56 Å². The molecule has 1 heterocycles. The van der Waals surface area contributed by atoms with Crippen molar-refractivity contribution in [2.45, 2.75) is 32.1 Å². The van der Waals surface area contributed by atoms with Crippen LogP contribution in [0.25, 0.3) is 0 Å². The Morgan fingerprint density at radius 1 is 1.26 bits per heavy atom. The maximum atomic E-state index is 12.3. The molecule has 0 atom stereocenters. The standard InChI is InChI=1S/C13H17N3O2S/c1-4-11-8-14-15-13(11)16-19(17,18)12-6-5-9(2)10(3)7-12/h5-8H,4H2,1-3H3,(H2,14,15,16). The van der Waals surface area contributed by atoms with Crippen molar-refractivity contribution in [2.24, 2.45) is 0 Å². The molecule has 19 heavy (non-hydrogen) atoms. The van der Waals surface area contributed by atoms with Crippen molar-refractivity contribution in [1.82, 2.24) is 10.2 Å². The molecular weight excluding hydrogens is 262 g/mol. The molecule has 0 saturated heterocycles. The molecule has 0 radical (unpaired) electrons. The van der Waals surface area contributed by atoms with Gasteiger partial charge in [0.15, 0.2) is 0 Å². The van der Waals surface area contributed by atoms with Gasteiger partial charge in [-0.25, -0.2) is 8.42 Å². The first-order valence-corrected chi connectivity index (χ1v) is 7.54. The van der Waals surface area contributed by atoms with Gasteiger partial charge in [0.25, 0.3) is 10.0 Å². The number of sulfonamides is 1. The van der Waals surface area contributed by atoms with Crippen molar-refractivity contribution in [3.63, 3.8) is 0 Å². The summed E-state index contributed by atoms with van der Waals surface area (Å²) in [7, 11) is -3.58. The van der Waals surface area contributed by atoms with E-state index in [9.17, 15) is 8.42 Å². The molecule has 1 aromatic heterocycles. The molecule has 0 amide bonds. The van der Waals surface area contributed by atoms with Crippen LogP contribution in [0.5, 0.6) is 0 Å². The van der Waals surface area contributed by atoms with Gasteiger partial charge in [0.1, 0.15) is 5.82 Å². The lowest BCUT2D eigenvalue weighted by atomic mass is 10.1. The summed E-state index contributed by atoms with van der Waals surface area (Å²) in [5, 5.41) is 6.52. The fourth-order valence-corrected chi connectivity index (χ4v) is 2.88. The van der Waals surface area contributed by atoms with E-state index >= 15 is 0 Å². The van der Waals surface area contributed by atoms with Crippen molar-refractivity contribution in [2.75, 3.05) is 4.72 Å². The van der Waals surface area contributed by atoms with Crippen LogP contribution in [0.4, 0.5) is 5.82 Å². The number of hydrogen-bond donors (Lipinski definition) is 2. The molecule has 0 fully saturated rings. The second kappa shape index (κ2) is 5.05. The van der Waals surface area contributed by atoms with Gasteiger partial charge in [-0.3, -0.25) is 9.82 Å². The maximum Gasteiger partial charge on any atom is 0.263 e. The lowest BCUT2D eigenvalue weighted by Gasteiger charge is -2.09. The highest BCUT2D eigenvalue weighted by molar-refractivity contribution is 7.92. The van der Waals surface area contributed by atoms with E-state index in [1.165, 1.54) is 0 Å². The van der Waals surface area contributed by atoms with Gasteiger partial charge in [-0.2, -0.15) is 5.10 Å². The topological polar surface area (TPSA) is 74.8 Å². The number of hydrogen-bond acceptors (Lipinski definition) is 3. The molecule has 6 heteroatoms. The normalized spacial score (nSPS) is 11.5. The third kappa shape index (κ3) is 2.78. The zero-order chi connectivity index (χ0) is 14.0. The molecule has 0 spiro atoms. The summed E-state index contributed by atoms with van der Waals surface area (Å²) in [6, 6.07) is 5.07. The summed E-state index contributed by atoms with van der Waals surface area (Å²) >= 11 is 0. The molecule has 0 aliphatic heterocycles. The molecule has 102 valence electrons. The van der Waals surface area contributed by atoms with Gasteiger partial charge < -0.3 is 0 Å². The van der Waals surface area contributed by atoms with E-state index in [0.29, 0.717) is 12.2 Å². The van der Waals surface area contributed by atoms with Crippen LogP contribution in [0.1, 0.15) is 23.6 Å². The Balaban J connectivity index is 2.35. The van der Waals surface area contributed by atoms with Crippen LogP contribution in [0, 0.1) is 13.8 Å². The quantitative estimate of drug-likeness (QED) is 0.902. The van der Waals surface area contributed by atoms with Crippen LogP contribution in [0.15, 0.2) is 29.3 Å². The number of aromatic nitrogens is 2. The molecule has 2 rings (SSSR count). The van der Waals surface area contributed by atoms with Gasteiger partial charge >= 0.3 is 0 Å². The second-order valence-electron chi connectivity index (χ2n) is 4.48. The molecule has 2 aromatic rings. The van der Waals surface area contributed by atoms with E-state index < -0.39 is 10.0 Å².